The highest BCUT2D eigenvalue weighted by Crippen LogP contribution is 2.28. The molecule has 17 amide bonds. The van der Waals surface area contributed by atoms with E-state index < -0.39 is 270 Å². The maximum Gasteiger partial charge on any atom is 0.303 e. The lowest BCUT2D eigenvalue weighted by Crippen LogP contribution is -2.62. The summed E-state index contributed by atoms with van der Waals surface area (Å²) >= 11 is 0. The molecule has 0 aliphatic carbocycles. The number of fused-ring (bicyclic) bond motifs is 10. The molecule has 4 fully saturated rings. The number of carboxylic acid groups (broad SMARTS) is 1. The van der Waals surface area contributed by atoms with Gasteiger partial charge in [0.25, 0.3) is 0 Å². The summed E-state index contributed by atoms with van der Waals surface area (Å²) in [6, 6.07) is -24.4. The second kappa shape index (κ2) is 47.9. The van der Waals surface area contributed by atoms with Gasteiger partial charge in [0.05, 0.1) is 32.2 Å². The van der Waals surface area contributed by atoms with Gasteiger partial charge >= 0.3 is 5.97 Å². The Hall–Kier alpha value is -10.5. The molecular weight excluding hydrogens is 1640 g/mol. The van der Waals surface area contributed by atoms with Crippen LogP contribution in [0.25, 0.3) is 0 Å². The van der Waals surface area contributed by atoms with Crippen molar-refractivity contribution in [2.24, 2.45) is 40.7 Å². The number of primary amides is 2. The SMILES string of the molecule is CC(C)C[C@@H]1NC(=O)[C@H](CCC(=O)O)NC(=O)[C@@H]2CCCN2C(=O)[C@H](Cc2cnc[nH]2)NC(=O)[C@H](CCCNC(=N)N)NC(=O)[C@H](C(C)C)NC(=O)[C@H](CC(N)=O)NC(=O)[C@@H]2CSSC[C@H](NC(=O)CN)C(=O)N[C@@H](CSSC[C@@H](C(N)=O)NC1=O)C(=O)N[C@@H](CO)C(=O)N[C@@H](Cc1cnc[nH]1)C(=O)N1CCC[C@H]1C(=O)N[C@@H](C(C)C)C(=O)N2. The number of aliphatic carboxylic acids is 1. The summed E-state index contributed by atoms with van der Waals surface area (Å²) in [4.78, 5) is 274. The van der Waals surface area contributed by atoms with E-state index in [0.29, 0.717) is 11.4 Å². The molecule has 658 valence electrons. The van der Waals surface area contributed by atoms with Gasteiger partial charge in [0.15, 0.2) is 5.96 Å². The quantitative estimate of drug-likeness (QED) is 0.0239. The number of aromatic amines is 2. The average molecular weight is 1750 g/mol. The fourth-order valence-corrected chi connectivity index (χ4v) is 17.7. The normalized spacial score (nSPS) is 27.0. The molecule has 15 atom stereocenters. The van der Waals surface area contributed by atoms with Gasteiger partial charge in [-0.15, -0.1) is 0 Å². The Morgan fingerprint density at radius 3 is 1.45 bits per heavy atom. The summed E-state index contributed by atoms with van der Waals surface area (Å²) < 4.78 is 0. The van der Waals surface area contributed by atoms with E-state index in [1.807, 2.05) is 0 Å². The van der Waals surface area contributed by atoms with Crippen molar-refractivity contribution in [2.75, 3.05) is 55.8 Å². The van der Waals surface area contributed by atoms with Crippen molar-refractivity contribution in [3.8, 4) is 0 Å². The van der Waals surface area contributed by atoms with E-state index in [-0.39, 0.29) is 83.3 Å². The number of aromatic nitrogens is 4. The third-order valence-electron chi connectivity index (χ3n) is 19.3. The second-order valence-electron chi connectivity index (χ2n) is 29.8. The minimum absolute atomic E-state index is 0.00608. The zero-order valence-electron chi connectivity index (χ0n) is 66.5. The van der Waals surface area contributed by atoms with E-state index in [2.05, 4.69) is 94.4 Å². The number of aliphatic hydroxyl groups is 1. The number of nitrogens with zero attached hydrogens (tertiary/aromatic N) is 4. The molecule has 2 bridgehead atoms. The molecule has 0 spiro atoms. The first-order chi connectivity index (χ1) is 56.4. The molecule has 2 aromatic rings. The highest BCUT2D eigenvalue weighted by molar-refractivity contribution is 8.77. The first kappa shape index (κ1) is 97.3. The van der Waals surface area contributed by atoms with Gasteiger partial charge in [-0.1, -0.05) is 84.7 Å². The first-order valence-electron chi connectivity index (χ1n) is 38.6. The van der Waals surface area contributed by atoms with Gasteiger partial charge in [-0.2, -0.15) is 0 Å². The lowest BCUT2D eigenvalue weighted by molar-refractivity contribution is -0.143. The molecule has 49 heteroatoms. The largest absolute Gasteiger partial charge is 0.481 e. The second-order valence-corrected chi connectivity index (χ2v) is 34.9. The molecular formula is C70H109N25O20S4. The molecule has 0 saturated carbocycles. The summed E-state index contributed by atoms with van der Waals surface area (Å²) in [5, 5.41) is 64.0. The Morgan fingerprint density at radius 2 is 0.966 bits per heavy atom. The predicted molar refractivity (Wildman–Crippen MR) is 433 cm³/mol. The Labute approximate surface area is 700 Å². The first-order valence-corrected chi connectivity index (χ1v) is 43.5. The number of imidazole rings is 2. The van der Waals surface area contributed by atoms with Crippen LogP contribution in [0, 0.1) is 23.2 Å². The molecule has 6 rings (SSSR count). The number of guanidine groups is 1. The summed E-state index contributed by atoms with van der Waals surface area (Å²) in [5.74, 6) is -23.4. The van der Waals surface area contributed by atoms with Crippen molar-refractivity contribution < 1.29 is 96.5 Å². The number of nitrogens with two attached hydrogens (primary N) is 4. The summed E-state index contributed by atoms with van der Waals surface area (Å²) in [7, 11) is 3.18. The zero-order chi connectivity index (χ0) is 87.9. The number of nitrogens with one attached hydrogen (secondary N) is 17. The smallest absolute Gasteiger partial charge is 0.303 e. The number of hydrogen-bond donors (Lipinski definition) is 23. The minimum atomic E-state index is -1.96. The molecule has 2 aromatic heterocycles. The number of rotatable bonds is 21. The van der Waals surface area contributed by atoms with Crippen LogP contribution in [0.2, 0.25) is 0 Å². The highest BCUT2D eigenvalue weighted by Gasteiger charge is 2.45. The number of H-pyrrole nitrogens is 2. The fraction of sp³-hybridized carbons (Fsp3) is 0.643. The monoisotopic (exact) mass is 1750 g/mol. The van der Waals surface area contributed by atoms with Crippen LogP contribution >= 0.6 is 43.2 Å². The van der Waals surface area contributed by atoms with Crippen molar-refractivity contribution in [2.45, 2.75) is 209 Å². The van der Waals surface area contributed by atoms with Gasteiger partial charge in [0.2, 0.25) is 100 Å². The number of carbonyl (C=O) groups excluding carboxylic acids is 17. The molecule has 27 N–H and O–H groups in total. The van der Waals surface area contributed by atoms with Crippen LogP contribution in [0.15, 0.2) is 25.0 Å². The fourth-order valence-electron chi connectivity index (χ4n) is 13.0. The number of amides is 17. The Balaban J connectivity index is 1.50. The van der Waals surface area contributed by atoms with Gasteiger partial charge in [-0.3, -0.25) is 91.7 Å². The maximum atomic E-state index is 15.1. The van der Waals surface area contributed by atoms with E-state index >= 15 is 9.59 Å². The molecule has 6 heterocycles. The third kappa shape index (κ3) is 30.7. The third-order valence-corrected chi connectivity index (χ3v) is 24.2. The van der Waals surface area contributed by atoms with E-state index in [4.69, 9.17) is 28.3 Å². The summed E-state index contributed by atoms with van der Waals surface area (Å²) in [6.07, 6.45) is 2.46. The lowest BCUT2D eigenvalue weighted by atomic mass is 10.0. The Morgan fingerprint density at radius 1 is 0.529 bits per heavy atom. The van der Waals surface area contributed by atoms with Gasteiger partial charge in [0.1, 0.15) is 90.6 Å². The van der Waals surface area contributed by atoms with Gasteiger partial charge < -0.3 is 127 Å². The van der Waals surface area contributed by atoms with E-state index in [1.165, 1.54) is 38.9 Å². The predicted octanol–water partition coefficient (Wildman–Crippen LogP) is -8.21. The van der Waals surface area contributed by atoms with E-state index in [0.717, 1.165) is 53.0 Å². The molecule has 45 nitrogen and oxygen atoms in total. The molecule has 0 radical (unpaired) electrons. The molecule has 0 unspecified atom stereocenters. The Bertz CT molecular complexity index is 3940. The lowest BCUT2D eigenvalue weighted by Gasteiger charge is -2.31. The minimum Gasteiger partial charge on any atom is -0.481 e. The van der Waals surface area contributed by atoms with Crippen LogP contribution in [-0.2, 0) is 99.1 Å². The standard InChI is InChI=1S/C70H109N25O20S4/c1-32(2)18-39-58(104)89-44(55(73)101)26-116-118-28-46-63(109)88-43(25-96)60(106)87-42(20-36-24-77-31-80-36)69(115)95-17-9-12-49(95)65(111)93-54(34(5)6)67(113)91-47(29-119-117-27-45(61(107)90-46)81-51(98)22-71)62(108)85-40(21-50(72)97)59(105)92-53(33(3)4)66(112)83-37(10-7-15-78-70(74)75)56(102)86-41(19-35-23-76-30-79-35)68(114)94-16-8-11-48(94)64(110)82-38(57(103)84-39)13-14-52(99)100/h23-24,30-34,37-49,53-54,96H,7-22,25-29,71H2,1-6H3,(H2,72,97)(H2,73,101)(H,76,79)(H,77,80)(H,81,98)(H,82,110)(H,83,112)(H,84,103)(H,85,108)(H,86,102)(H,87,106)(H,88,109)(H,89,104)(H,90,107)(H,91,113)(H,92,105)(H,93,111)(H,99,100)(H4,74,75,78)/t37-,38-,39-,40-,41-,42-,43-,44-,45-,46-,47-,48-,49-,53-,54-/m0/s1. The number of hydrogen-bond acceptors (Lipinski definition) is 27. The molecule has 4 aliphatic rings. The van der Waals surface area contributed by atoms with Crippen LogP contribution < -0.4 is 97.4 Å². The van der Waals surface area contributed by atoms with Gasteiger partial charge in [-0.25, -0.2) is 9.97 Å². The van der Waals surface area contributed by atoms with Crippen molar-refractivity contribution in [3.05, 3.63) is 36.4 Å². The van der Waals surface area contributed by atoms with Crippen molar-refractivity contribution >= 4 is 156 Å². The van der Waals surface area contributed by atoms with Crippen molar-refractivity contribution in [1.29, 1.82) is 5.41 Å². The Kier molecular flexibility index (Phi) is 39.2. The zero-order valence-corrected chi connectivity index (χ0v) is 69.8. The molecule has 4 aliphatic heterocycles. The van der Waals surface area contributed by atoms with Crippen LogP contribution in [0.5, 0.6) is 0 Å². The average Bonchev–Trinajstić information content (AvgIpc) is 1.72. The number of carbonyl (C=O) groups is 18. The van der Waals surface area contributed by atoms with Crippen LogP contribution in [0.3, 0.4) is 0 Å². The van der Waals surface area contributed by atoms with E-state index in [1.54, 1.807) is 27.7 Å². The topological polar surface area (TPSA) is 708 Å². The summed E-state index contributed by atoms with van der Waals surface area (Å²) in [5.41, 5.74) is 23.4. The van der Waals surface area contributed by atoms with Crippen LogP contribution in [0.4, 0.5) is 0 Å². The van der Waals surface area contributed by atoms with E-state index in [9.17, 15) is 86.9 Å². The van der Waals surface area contributed by atoms with Crippen LogP contribution in [-0.4, -0.2) is 299 Å². The van der Waals surface area contributed by atoms with Crippen molar-refractivity contribution in [1.82, 2.24) is 104 Å². The molecule has 4 saturated heterocycles. The summed E-state index contributed by atoms with van der Waals surface area (Å²) in [6.45, 7) is 7.43. The van der Waals surface area contributed by atoms with Crippen molar-refractivity contribution in [3.63, 3.8) is 0 Å². The number of carboxylic acids is 1. The maximum absolute atomic E-state index is 15.1. The van der Waals surface area contributed by atoms with Gasteiger partial charge in [-0.05, 0) is 69.1 Å². The number of aliphatic hydroxyl groups excluding tert-OH is 1. The highest BCUT2D eigenvalue weighted by atomic mass is 33.1. The molecule has 119 heavy (non-hydrogen) atoms. The molecule has 0 aromatic carbocycles. The van der Waals surface area contributed by atoms with Gasteiger partial charge in [0, 0.05) is 85.7 Å². The van der Waals surface area contributed by atoms with Crippen LogP contribution in [0.1, 0.15) is 117 Å².